The number of likely N-dealkylation sites (tertiary alicyclic amines) is 1. The molecular formula is C13H15N3O. The summed E-state index contributed by atoms with van der Waals surface area (Å²) < 4.78 is 0. The summed E-state index contributed by atoms with van der Waals surface area (Å²) >= 11 is 0. The highest BCUT2D eigenvalue weighted by Crippen LogP contribution is 2.15. The molecule has 1 atom stereocenters. The predicted molar refractivity (Wildman–Crippen MR) is 63.6 cm³/mol. The molecule has 1 amide bonds. The number of rotatable bonds is 3. The van der Waals surface area contributed by atoms with E-state index in [9.17, 15) is 4.79 Å². The number of benzene rings is 1. The second-order valence-corrected chi connectivity index (χ2v) is 4.24. The summed E-state index contributed by atoms with van der Waals surface area (Å²) in [4.78, 5) is 13.5. The highest BCUT2D eigenvalue weighted by Gasteiger charge is 2.27. The Morgan fingerprint density at radius 3 is 2.88 bits per heavy atom. The third-order valence-electron chi connectivity index (χ3n) is 3.01. The Balaban J connectivity index is 1.81. The molecule has 1 unspecified atom stereocenters. The fraction of sp³-hybridized carbons (Fsp3) is 0.385. The van der Waals surface area contributed by atoms with Gasteiger partial charge in [-0.3, -0.25) is 4.79 Å². The van der Waals surface area contributed by atoms with Crippen molar-refractivity contribution in [2.45, 2.75) is 13.0 Å². The van der Waals surface area contributed by atoms with Gasteiger partial charge >= 0.3 is 0 Å². The van der Waals surface area contributed by atoms with Crippen molar-refractivity contribution >= 4 is 5.91 Å². The normalized spacial score (nSPS) is 18.8. The maximum atomic E-state index is 11.8. The summed E-state index contributed by atoms with van der Waals surface area (Å²) in [5.74, 6) is 0.00460. The fourth-order valence-corrected chi connectivity index (χ4v) is 1.99. The summed E-state index contributed by atoms with van der Waals surface area (Å²) in [5.41, 5.74) is 1.09. The number of hydrogen-bond acceptors (Lipinski definition) is 3. The maximum absolute atomic E-state index is 11.8. The van der Waals surface area contributed by atoms with E-state index in [-0.39, 0.29) is 11.8 Å². The van der Waals surface area contributed by atoms with E-state index in [1.807, 2.05) is 30.3 Å². The van der Waals surface area contributed by atoms with Crippen molar-refractivity contribution in [2.24, 2.45) is 5.92 Å². The Hall–Kier alpha value is -2.02. The lowest BCUT2D eigenvalue weighted by Crippen LogP contribution is -2.31. The van der Waals surface area contributed by atoms with Gasteiger partial charge in [0.25, 0.3) is 0 Å². The number of nitrogens with zero attached hydrogens (tertiary/aromatic N) is 2. The van der Waals surface area contributed by atoms with Crippen LogP contribution in [0.3, 0.4) is 0 Å². The van der Waals surface area contributed by atoms with Crippen molar-refractivity contribution in [3.63, 3.8) is 0 Å². The standard InChI is InChI=1S/C13H15N3O/c14-10-16-7-6-12(9-16)13(17)15-8-11-4-2-1-3-5-11/h1-5,12H,6-9H2,(H,15,17). The number of nitrogens with one attached hydrogen (secondary N) is 1. The Bertz CT molecular complexity index is 424. The summed E-state index contributed by atoms with van der Waals surface area (Å²) in [6.45, 7) is 1.81. The van der Waals surface area contributed by atoms with E-state index in [0.717, 1.165) is 12.0 Å². The number of hydrogen-bond donors (Lipinski definition) is 1. The van der Waals surface area contributed by atoms with Crippen LogP contribution in [-0.2, 0) is 11.3 Å². The largest absolute Gasteiger partial charge is 0.352 e. The van der Waals surface area contributed by atoms with Gasteiger partial charge in [-0.15, -0.1) is 0 Å². The van der Waals surface area contributed by atoms with E-state index in [4.69, 9.17) is 5.26 Å². The SMILES string of the molecule is N#CN1CCC(C(=O)NCc2ccccc2)C1. The van der Waals surface area contributed by atoms with E-state index in [1.165, 1.54) is 0 Å². The lowest BCUT2D eigenvalue weighted by molar-refractivity contribution is -0.124. The fourth-order valence-electron chi connectivity index (χ4n) is 1.99. The van der Waals surface area contributed by atoms with Gasteiger partial charge < -0.3 is 10.2 Å². The first-order valence-corrected chi connectivity index (χ1v) is 5.76. The predicted octanol–water partition coefficient (Wildman–Crippen LogP) is 1.11. The van der Waals surface area contributed by atoms with Crippen LogP contribution in [-0.4, -0.2) is 23.9 Å². The molecular weight excluding hydrogens is 214 g/mol. The van der Waals surface area contributed by atoms with Crippen LogP contribution in [0.25, 0.3) is 0 Å². The lowest BCUT2D eigenvalue weighted by atomic mass is 10.1. The number of carbonyl (C=O) groups is 1. The van der Waals surface area contributed by atoms with Gasteiger partial charge in [0, 0.05) is 19.6 Å². The number of carbonyl (C=O) groups excluding carboxylic acids is 1. The molecule has 2 rings (SSSR count). The molecule has 0 saturated carbocycles. The number of amides is 1. The Morgan fingerprint density at radius 2 is 2.24 bits per heavy atom. The van der Waals surface area contributed by atoms with Crippen molar-refractivity contribution in [1.29, 1.82) is 5.26 Å². The smallest absolute Gasteiger partial charge is 0.225 e. The second-order valence-electron chi connectivity index (χ2n) is 4.24. The van der Waals surface area contributed by atoms with Gasteiger partial charge in [0.1, 0.15) is 0 Å². The molecule has 0 aliphatic carbocycles. The monoisotopic (exact) mass is 229 g/mol. The molecule has 88 valence electrons. The Morgan fingerprint density at radius 1 is 1.47 bits per heavy atom. The van der Waals surface area contributed by atoms with Crippen molar-refractivity contribution in [3.05, 3.63) is 35.9 Å². The van der Waals surface area contributed by atoms with Crippen LogP contribution < -0.4 is 5.32 Å². The Kier molecular flexibility index (Phi) is 3.61. The van der Waals surface area contributed by atoms with E-state index < -0.39 is 0 Å². The van der Waals surface area contributed by atoms with Gasteiger partial charge in [0.05, 0.1) is 5.92 Å². The van der Waals surface area contributed by atoms with Crippen LogP contribution in [0.15, 0.2) is 30.3 Å². The quantitative estimate of drug-likeness (QED) is 0.790. The van der Waals surface area contributed by atoms with E-state index >= 15 is 0 Å². The number of nitriles is 1. The van der Waals surface area contributed by atoms with Crippen LogP contribution in [0.2, 0.25) is 0 Å². The minimum Gasteiger partial charge on any atom is -0.352 e. The molecule has 1 aromatic carbocycles. The van der Waals surface area contributed by atoms with Gasteiger partial charge in [-0.25, -0.2) is 0 Å². The molecule has 0 aromatic heterocycles. The zero-order valence-corrected chi connectivity index (χ0v) is 9.60. The summed E-state index contributed by atoms with van der Waals surface area (Å²) in [7, 11) is 0. The highest BCUT2D eigenvalue weighted by atomic mass is 16.1. The maximum Gasteiger partial charge on any atom is 0.225 e. The first-order chi connectivity index (χ1) is 8.29. The third-order valence-corrected chi connectivity index (χ3v) is 3.01. The van der Waals surface area contributed by atoms with Gasteiger partial charge in [-0.2, -0.15) is 5.26 Å². The highest BCUT2D eigenvalue weighted by molar-refractivity contribution is 5.79. The molecule has 4 heteroatoms. The Labute approximate surface area is 101 Å². The average Bonchev–Trinajstić information content (AvgIpc) is 2.86. The zero-order chi connectivity index (χ0) is 12.1. The molecule has 1 fully saturated rings. The summed E-state index contributed by atoms with van der Waals surface area (Å²) in [5, 5.41) is 11.6. The third kappa shape index (κ3) is 2.97. The summed E-state index contributed by atoms with van der Waals surface area (Å²) in [6.07, 6.45) is 2.85. The minimum absolute atomic E-state index is 0.0432. The van der Waals surface area contributed by atoms with Crippen LogP contribution >= 0.6 is 0 Å². The minimum atomic E-state index is -0.0432. The van der Waals surface area contributed by atoms with Crippen molar-refractivity contribution in [1.82, 2.24) is 10.2 Å². The zero-order valence-electron chi connectivity index (χ0n) is 9.60. The van der Waals surface area contributed by atoms with E-state index in [2.05, 4.69) is 11.5 Å². The van der Waals surface area contributed by atoms with Crippen LogP contribution in [0.1, 0.15) is 12.0 Å². The van der Waals surface area contributed by atoms with Crippen LogP contribution in [0.5, 0.6) is 0 Å². The van der Waals surface area contributed by atoms with Crippen molar-refractivity contribution < 1.29 is 4.79 Å². The first kappa shape index (κ1) is 11.5. The topological polar surface area (TPSA) is 56.1 Å². The average molecular weight is 229 g/mol. The van der Waals surface area contributed by atoms with Gasteiger partial charge in [-0.1, -0.05) is 30.3 Å². The van der Waals surface area contributed by atoms with Crippen molar-refractivity contribution in [3.8, 4) is 6.19 Å². The molecule has 1 aliphatic rings. The first-order valence-electron chi connectivity index (χ1n) is 5.76. The molecule has 1 heterocycles. The molecule has 1 N–H and O–H groups in total. The van der Waals surface area contributed by atoms with E-state index in [1.54, 1.807) is 4.90 Å². The van der Waals surface area contributed by atoms with Crippen LogP contribution in [0.4, 0.5) is 0 Å². The molecule has 0 spiro atoms. The molecule has 4 nitrogen and oxygen atoms in total. The van der Waals surface area contributed by atoms with Crippen molar-refractivity contribution in [2.75, 3.05) is 13.1 Å². The molecule has 1 aliphatic heterocycles. The molecule has 17 heavy (non-hydrogen) atoms. The van der Waals surface area contributed by atoms with Crippen LogP contribution in [0, 0.1) is 17.4 Å². The van der Waals surface area contributed by atoms with Gasteiger partial charge in [0.15, 0.2) is 6.19 Å². The van der Waals surface area contributed by atoms with Gasteiger partial charge in [-0.05, 0) is 12.0 Å². The molecule has 1 saturated heterocycles. The second kappa shape index (κ2) is 5.35. The molecule has 1 aromatic rings. The van der Waals surface area contributed by atoms with E-state index in [0.29, 0.717) is 19.6 Å². The summed E-state index contributed by atoms with van der Waals surface area (Å²) in [6, 6.07) is 9.82. The lowest BCUT2D eigenvalue weighted by Gasteiger charge is -2.10. The molecule has 0 bridgehead atoms. The van der Waals surface area contributed by atoms with Gasteiger partial charge in [0.2, 0.25) is 5.91 Å². The molecule has 0 radical (unpaired) electrons.